The molecule has 0 saturated carbocycles. The van der Waals surface area contributed by atoms with Gasteiger partial charge in [0.15, 0.2) is 0 Å². The Morgan fingerprint density at radius 1 is 1.18 bits per heavy atom. The monoisotopic (exact) mass is 344 g/mol. The molecular formula is C13H13ClN2O5S. The fraction of sp³-hybridized carbons (Fsp3) is 0. The molecule has 2 aromatic carbocycles. The van der Waals surface area contributed by atoms with E-state index in [-0.39, 0.29) is 41.4 Å². The number of benzene rings is 2. The predicted molar refractivity (Wildman–Crippen MR) is 77.8 cm³/mol. The number of aromatic hydroxyl groups is 1. The fourth-order valence-corrected chi connectivity index (χ4v) is 2.78. The third-order valence-electron chi connectivity index (χ3n) is 2.71. The van der Waals surface area contributed by atoms with Crippen molar-refractivity contribution < 1.29 is 37.3 Å². The summed E-state index contributed by atoms with van der Waals surface area (Å²) in [6.07, 6.45) is 0. The summed E-state index contributed by atoms with van der Waals surface area (Å²) in [6.45, 7) is 0. The maximum absolute atomic E-state index is 12.2. The fourth-order valence-electron chi connectivity index (χ4n) is 1.66. The molecule has 9 heteroatoms. The largest absolute Gasteiger partial charge is 1.00 e. The Hall–Kier alpha value is -2.45. The third kappa shape index (κ3) is 3.60. The molecule has 0 spiro atoms. The van der Waals surface area contributed by atoms with Crippen LogP contribution in [0, 0.1) is 0 Å². The molecular weight excluding hydrogens is 332 g/mol. The molecule has 0 unspecified atom stereocenters. The van der Waals surface area contributed by atoms with Gasteiger partial charge in [-0.25, -0.2) is 13.2 Å². The third-order valence-corrected chi connectivity index (χ3v) is 4.07. The van der Waals surface area contributed by atoms with E-state index in [2.05, 4.69) is 4.72 Å². The van der Waals surface area contributed by atoms with Gasteiger partial charge in [-0.15, -0.1) is 0 Å². The quantitative estimate of drug-likeness (QED) is 0.398. The van der Waals surface area contributed by atoms with Gasteiger partial charge in [0.2, 0.25) is 0 Å². The summed E-state index contributed by atoms with van der Waals surface area (Å²) in [6, 6.07) is 9.01. The highest BCUT2D eigenvalue weighted by Crippen LogP contribution is 2.25. The van der Waals surface area contributed by atoms with Crippen molar-refractivity contribution in [2.75, 3.05) is 10.5 Å². The second kappa shape index (κ2) is 6.54. The number of phenols is 1. The Morgan fingerprint density at radius 2 is 1.82 bits per heavy atom. The molecule has 0 fully saturated rings. The Kier molecular flexibility index (Phi) is 5.23. The van der Waals surface area contributed by atoms with Crippen molar-refractivity contribution in [1.29, 1.82) is 0 Å². The zero-order valence-corrected chi connectivity index (χ0v) is 12.6. The van der Waals surface area contributed by atoms with Crippen LogP contribution in [0.4, 0.5) is 11.4 Å². The standard InChI is InChI=1S/C13H12N2O5S.ClH/c14-10-7-8(5-6-12(10)16)21(19,20)15-11-4-2-1-3-9(11)13(17)18;/h1-7,15-16H,14H2,(H,17,18);1H. The van der Waals surface area contributed by atoms with E-state index < -0.39 is 16.0 Å². The summed E-state index contributed by atoms with van der Waals surface area (Å²) in [4.78, 5) is 10.9. The number of hydrogen-bond donors (Lipinski definition) is 4. The first-order valence-electron chi connectivity index (χ1n) is 5.75. The van der Waals surface area contributed by atoms with Crippen LogP contribution in [-0.2, 0) is 10.0 Å². The summed E-state index contributed by atoms with van der Waals surface area (Å²) in [5.41, 5.74) is 5.13. The van der Waals surface area contributed by atoms with E-state index in [0.717, 1.165) is 18.2 Å². The molecule has 118 valence electrons. The average Bonchev–Trinajstić information content (AvgIpc) is 2.41. The molecule has 0 saturated heterocycles. The number of anilines is 2. The van der Waals surface area contributed by atoms with Crippen molar-refractivity contribution in [3.05, 3.63) is 48.0 Å². The van der Waals surface area contributed by atoms with Crippen LogP contribution in [0.15, 0.2) is 47.4 Å². The van der Waals surface area contributed by atoms with Crippen molar-refractivity contribution in [2.45, 2.75) is 4.90 Å². The number of nitrogens with one attached hydrogen (secondary N) is 1. The van der Waals surface area contributed by atoms with Gasteiger partial charge in [0.1, 0.15) is 5.75 Å². The number of rotatable bonds is 4. The number of carboxylic acids is 1. The van der Waals surface area contributed by atoms with E-state index in [0.29, 0.717) is 0 Å². The minimum atomic E-state index is -4.01. The van der Waals surface area contributed by atoms with Crippen LogP contribution >= 0.6 is 0 Å². The summed E-state index contributed by atoms with van der Waals surface area (Å²) in [5, 5.41) is 18.3. The first kappa shape index (κ1) is 17.6. The van der Waals surface area contributed by atoms with Gasteiger partial charge in [-0.3, -0.25) is 4.72 Å². The number of para-hydroxylation sites is 1. The molecule has 7 nitrogen and oxygen atoms in total. The van der Waals surface area contributed by atoms with Crippen molar-refractivity contribution in [3.8, 4) is 5.75 Å². The van der Waals surface area contributed by atoms with Crippen LogP contribution < -0.4 is 22.9 Å². The molecule has 0 heterocycles. The molecule has 0 aliphatic rings. The van der Waals surface area contributed by atoms with Gasteiger partial charge in [0.05, 0.1) is 21.8 Å². The number of nitrogen functional groups attached to an aromatic ring is 1. The number of sulfonamides is 1. The first-order valence-corrected chi connectivity index (χ1v) is 7.23. The number of nitrogens with two attached hydrogens (primary N) is 1. The van der Waals surface area contributed by atoms with Crippen LogP contribution in [-0.4, -0.2) is 24.6 Å². The van der Waals surface area contributed by atoms with Gasteiger partial charge in [-0.2, -0.15) is 0 Å². The summed E-state index contributed by atoms with van der Waals surface area (Å²) in [5.74, 6) is -1.49. The Labute approximate surface area is 134 Å². The van der Waals surface area contributed by atoms with Gasteiger partial charge in [-0.1, -0.05) is 12.1 Å². The zero-order chi connectivity index (χ0) is 15.6. The molecule has 0 amide bonds. The summed E-state index contributed by atoms with van der Waals surface area (Å²) in [7, 11) is -4.01. The minimum Gasteiger partial charge on any atom is -1.00 e. The van der Waals surface area contributed by atoms with Crippen LogP contribution in [0.25, 0.3) is 0 Å². The smallest absolute Gasteiger partial charge is 1.00 e. The van der Waals surface area contributed by atoms with Crippen molar-refractivity contribution >= 4 is 27.4 Å². The lowest BCUT2D eigenvalue weighted by atomic mass is 10.2. The second-order valence-electron chi connectivity index (χ2n) is 4.18. The van der Waals surface area contributed by atoms with Crippen LogP contribution in [0.1, 0.15) is 11.8 Å². The van der Waals surface area contributed by atoms with E-state index >= 15 is 0 Å². The molecule has 0 bridgehead atoms. The topological polar surface area (TPSA) is 130 Å². The van der Waals surface area contributed by atoms with E-state index in [4.69, 9.17) is 10.8 Å². The number of aromatic carboxylic acids is 1. The molecule has 0 radical (unpaired) electrons. The SMILES string of the molecule is Nc1cc(S(=O)(=O)Nc2ccccc2C(=O)O)ccc1O.[Cl-].[H+]. The lowest BCUT2D eigenvalue weighted by Crippen LogP contribution is -3.00. The minimum absolute atomic E-state index is 0. The molecule has 22 heavy (non-hydrogen) atoms. The van der Waals surface area contributed by atoms with Gasteiger partial charge in [0, 0.05) is 0 Å². The molecule has 2 aromatic rings. The number of hydrogen-bond acceptors (Lipinski definition) is 5. The lowest BCUT2D eigenvalue weighted by molar-refractivity contribution is -0.0000232. The first-order chi connectivity index (χ1) is 9.81. The molecule has 0 atom stereocenters. The number of phenolic OH excluding ortho intramolecular Hbond substituents is 1. The van der Waals surface area contributed by atoms with Crippen LogP contribution in [0.3, 0.4) is 0 Å². The van der Waals surface area contributed by atoms with Crippen molar-refractivity contribution in [2.24, 2.45) is 0 Å². The Bertz CT molecular complexity index is 814. The maximum atomic E-state index is 12.2. The normalized spacial score (nSPS) is 10.5. The lowest BCUT2D eigenvalue weighted by Gasteiger charge is -2.11. The van der Waals surface area contributed by atoms with E-state index in [1.165, 1.54) is 24.3 Å². The average molecular weight is 345 g/mol. The molecule has 0 aliphatic heterocycles. The van der Waals surface area contributed by atoms with E-state index in [9.17, 15) is 18.3 Å². The molecule has 5 N–H and O–H groups in total. The zero-order valence-electron chi connectivity index (χ0n) is 12.0. The van der Waals surface area contributed by atoms with Crippen molar-refractivity contribution in [1.82, 2.24) is 0 Å². The second-order valence-corrected chi connectivity index (χ2v) is 5.86. The number of halogens is 1. The highest BCUT2D eigenvalue weighted by molar-refractivity contribution is 7.92. The van der Waals surface area contributed by atoms with E-state index in [1.807, 2.05) is 0 Å². The highest BCUT2D eigenvalue weighted by atomic mass is 35.5. The van der Waals surface area contributed by atoms with Gasteiger partial charge < -0.3 is 28.4 Å². The van der Waals surface area contributed by atoms with Gasteiger partial charge in [0.25, 0.3) is 10.0 Å². The number of carboxylic acid groups (broad SMARTS) is 1. The van der Waals surface area contributed by atoms with Gasteiger partial charge >= 0.3 is 7.40 Å². The summed E-state index contributed by atoms with van der Waals surface area (Å²) >= 11 is 0. The molecule has 0 aromatic heterocycles. The highest BCUT2D eigenvalue weighted by Gasteiger charge is 2.19. The number of carbonyl (C=O) groups is 1. The Morgan fingerprint density at radius 3 is 2.41 bits per heavy atom. The Balaban J connectivity index is 0.00000242. The van der Waals surface area contributed by atoms with Crippen LogP contribution in [0.2, 0.25) is 0 Å². The maximum Gasteiger partial charge on any atom is 1.00 e. The van der Waals surface area contributed by atoms with E-state index in [1.54, 1.807) is 0 Å². The van der Waals surface area contributed by atoms with Gasteiger partial charge in [-0.05, 0) is 30.3 Å². The molecule has 0 aliphatic carbocycles. The van der Waals surface area contributed by atoms with Crippen LogP contribution in [0.5, 0.6) is 5.75 Å². The van der Waals surface area contributed by atoms with Crippen molar-refractivity contribution in [3.63, 3.8) is 0 Å². The summed E-state index contributed by atoms with van der Waals surface area (Å²) < 4.78 is 26.6. The molecule has 2 rings (SSSR count). The predicted octanol–water partition coefficient (Wildman–Crippen LogP) is -1.41.